The second-order valence-electron chi connectivity index (χ2n) is 8.16. The van der Waals surface area contributed by atoms with E-state index in [1.165, 1.54) is 6.20 Å². The first-order valence-corrected chi connectivity index (χ1v) is 10.7. The maximum atomic E-state index is 13.2. The molecule has 2 aliphatic heterocycles. The van der Waals surface area contributed by atoms with Crippen LogP contribution in [-0.2, 0) is 30.6 Å². The number of aromatic nitrogens is 2. The van der Waals surface area contributed by atoms with Crippen molar-refractivity contribution in [2.45, 2.75) is 51.7 Å². The Labute approximate surface area is 188 Å². The molecule has 0 aromatic carbocycles. The normalized spacial score (nSPS) is 18.2. The van der Waals surface area contributed by atoms with Crippen molar-refractivity contribution in [1.29, 1.82) is 0 Å². The van der Waals surface area contributed by atoms with Gasteiger partial charge in [-0.3, -0.25) is 9.59 Å². The van der Waals surface area contributed by atoms with Crippen molar-refractivity contribution >= 4 is 11.8 Å². The number of fused-ring (bicyclic) bond motifs is 1. The number of nitrogens with zero attached hydrogens (tertiary/aromatic N) is 3. The minimum Gasteiger partial charge on any atom is -0.481 e. The van der Waals surface area contributed by atoms with Crippen LogP contribution in [-0.4, -0.2) is 52.6 Å². The van der Waals surface area contributed by atoms with E-state index in [4.69, 9.17) is 4.74 Å². The number of hydrogen-bond donors (Lipinski definition) is 1. The molecule has 0 spiro atoms. The van der Waals surface area contributed by atoms with Gasteiger partial charge in [0.05, 0.1) is 31.6 Å². The molecule has 2 aromatic heterocycles. The number of methoxy groups -OCH3 is 1. The monoisotopic (exact) mass is 466 g/mol. The molecule has 4 heterocycles. The third kappa shape index (κ3) is 4.54. The number of rotatable bonds is 5. The van der Waals surface area contributed by atoms with Gasteiger partial charge < -0.3 is 24.3 Å². The van der Waals surface area contributed by atoms with E-state index < -0.39 is 23.5 Å². The summed E-state index contributed by atoms with van der Waals surface area (Å²) in [5, 5.41) is 2.63. The lowest BCUT2D eigenvalue weighted by Gasteiger charge is -2.24. The van der Waals surface area contributed by atoms with Crippen LogP contribution in [0.2, 0.25) is 0 Å². The topological polar surface area (TPSA) is 85.7 Å². The van der Waals surface area contributed by atoms with E-state index >= 15 is 0 Å². The molecule has 0 aliphatic carbocycles. The largest absolute Gasteiger partial charge is 0.481 e. The van der Waals surface area contributed by atoms with Gasteiger partial charge in [0.15, 0.2) is 0 Å². The van der Waals surface area contributed by atoms with Gasteiger partial charge >= 0.3 is 6.18 Å². The van der Waals surface area contributed by atoms with E-state index in [1.807, 2.05) is 11.5 Å². The molecule has 8 nitrogen and oxygen atoms in total. The van der Waals surface area contributed by atoms with Crippen LogP contribution in [0, 0.1) is 0 Å². The fourth-order valence-electron chi connectivity index (χ4n) is 4.32. The molecule has 11 heteroatoms. The van der Waals surface area contributed by atoms with Crippen molar-refractivity contribution in [2.24, 2.45) is 0 Å². The highest BCUT2D eigenvalue weighted by Crippen LogP contribution is 2.35. The summed E-state index contributed by atoms with van der Waals surface area (Å²) < 4.78 is 51.7. The second-order valence-corrected chi connectivity index (χ2v) is 8.16. The van der Waals surface area contributed by atoms with Gasteiger partial charge in [0.2, 0.25) is 5.88 Å². The fourth-order valence-corrected chi connectivity index (χ4v) is 4.32. The Kier molecular flexibility index (Phi) is 6.33. The predicted octanol–water partition coefficient (Wildman–Crippen LogP) is 3.00. The first-order chi connectivity index (χ1) is 15.7. The van der Waals surface area contributed by atoms with Crippen molar-refractivity contribution in [2.75, 3.05) is 20.3 Å². The smallest absolute Gasteiger partial charge is 0.421 e. The number of alkyl halides is 3. The summed E-state index contributed by atoms with van der Waals surface area (Å²) in [5.74, 6) is -1.16. The van der Waals surface area contributed by atoms with Crippen LogP contribution in [0.25, 0.3) is 0 Å². The standard InChI is InChI=1S/C22H25F3N4O4/c1-13-4-3-5-28(13)21(31)17-9-15(18-12-33-7-6-29(17)18)19(30)26-10-14-8-16(22(23,24)25)20(32-2)27-11-14/h8-9,11,13H,3-7,10,12H2,1-2H3,(H,26,30). The van der Waals surface area contributed by atoms with E-state index in [9.17, 15) is 22.8 Å². The summed E-state index contributed by atoms with van der Waals surface area (Å²) in [6.45, 7) is 3.55. The van der Waals surface area contributed by atoms with Crippen molar-refractivity contribution in [1.82, 2.24) is 19.8 Å². The van der Waals surface area contributed by atoms with Gasteiger partial charge in [-0.1, -0.05) is 0 Å². The third-order valence-electron chi connectivity index (χ3n) is 6.04. The summed E-state index contributed by atoms with van der Waals surface area (Å²) in [6.07, 6.45) is -1.55. The van der Waals surface area contributed by atoms with Gasteiger partial charge in [-0.25, -0.2) is 4.98 Å². The van der Waals surface area contributed by atoms with Crippen molar-refractivity contribution in [3.63, 3.8) is 0 Å². The van der Waals surface area contributed by atoms with Crippen LogP contribution in [0.5, 0.6) is 5.88 Å². The lowest BCUT2D eigenvalue weighted by Crippen LogP contribution is -2.35. The summed E-state index contributed by atoms with van der Waals surface area (Å²) in [5.41, 5.74) is 0.444. The van der Waals surface area contributed by atoms with Gasteiger partial charge in [-0.05, 0) is 37.5 Å². The maximum Gasteiger partial charge on any atom is 0.421 e. The van der Waals surface area contributed by atoms with Crippen molar-refractivity contribution in [3.05, 3.63) is 46.4 Å². The number of hydrogen-bond acceptors (Lipinski definition) is 5. The molecular formula is C22H25F3N4O4. The number of likely N-dealkylation sites (tertiary alicyclic amines) is 1. The Morgan fingerprint density at radius 2 is 2.09 bits per heavy atom. The highest BCUT2D eigenvalue weighted by molar-refractivity contribution is 6.00. The van der Waals surface area contributed by atoms with Gasteiger partial charge in [0.1, 0.15) is 11.3 Å². The Morgan fingerprint density at radius 1 is 1.30 bits per heavy atom. The molecular weight excluding hydrogens is 441 g/mol. The number of halogens is 3. The first kappa shape index (κ1) is 23.1. The zero-order valence-electron chi connectivity index (χ0n) is 18.4. The van der Waals surface area contributed by atoms with Crippen molar-refractivity contribution in [3.8, 4) is 5.88 Å². The highest BCUT2D eigenvalue weighted by Gasteiger charge is 2.36. The molecule has 1 unspecified atom stereocenters. The summed E-state index contributed by atoms with van der Waals surface area (Å²) >= 11 is 0. The summed E-state index contributed by atoms with van der Waals surface area (Å²) in [4.78, 5) is 31.6. The first-order valence-electron chi connectivity index (χ1n) is 10.7. The molecule has 178 valence electrons. The molecule has 2 aromatic rings. The summed E-state index contributed by atoms with van der Waals surface area (Å²) in [6, 6.07) is 2.58. The number of amides is 2. The highest BCUT2D eigenvalue weighted by atomic mass is 19.4. The zero-order valence-corrected chi connectivity index (χ0v) is 18.4. The third-order valence-corrected chi connectivity index (χ3v) is 6.04. The predicted molar refractivity (Wildman–Crippen MR) is 111 cm³/mol. The molecule has 0 bridgehead atoms. The molecule has 1 N–H and O–H groups in total. The molecule has 0 radical (unpaired) electrons. The Morgan fingerprint density at radius 3 is 2.76 bits per heavy atom. The Bertz CT molecular complexity index is 1070. The molecule has 0 saturated carbocycles. The molecule has 33 heavy (non-hydrogen) atoms. The number of ether oxygens (including phenoxy) is 2. The van der Waals surface area contributed by atoms with Crippen LogP contribution in [0.4, 0.5) is 13.2 Å². The fraction of sp³-hybridized carbons (Fsp3) is 0.500. The van der Waals surface area contributed by atoms with Crippen LogP contribution < -0.4 is 10.1 Å². The van der Waals surface area contributed by atoms with Gasteiger partial charge in [0, 0.05) is 31.9 Å². The quantitative estimate of drug-likeness (QED) is 0.732. The second kappa shape index (κ2) is 9.05. The van der Waals surface area contributed by atoms with E-state index in [2.05, 4.69) is 15.0 Å². The Hall–Kier alpha value is -3.08. The Balaban J connectivity index is 1.56. The minimum atomic E-state index is -4.64. The molecule has 2 amide bonds. The molecule has 1 saturated heterocycles. The van der Waals surface area contributed by atoms with E-state index in [0.717, 1.165) is 26.0 Å². The maximum absolute atomic E-state index is 13.2. The van der Waals surface area contributed by atoms with Gasteiger partial charge in [0.25, 0.3) is 11.8 Å². The number of carbonyl (C=O) groups excluding carboxylic acids is 2. The summed E-state index contributed by atoms with van der Waals surface area (Å²) in [7, 11) is 1.11. The van der Waals surface area contributed by atoms with E-state index in [0.29, 0.717) is 31.1 Å². The number of pyridine rings is 1. The van der Waals surface area contributed by atoms with E-state index in [1.54, 1.807) is 11.0 Å². The SMILES string of the molecule is COc1ncc(CNC(=O)c2cc(C(=O)N3CCCC3C)n3c2COCC3)cc1C(F)(F)F. The van der Waals surface area contributed by atoms with Crippen LogP contribution in [0.15, 0.2) is 18.3 Å². The molecule has 2 aliphatic rings. The minimum absolute atomic E-state index is 0.128. The molecule has 4 rings (SSSR count). The van der Waals surface area contributed by atoms with Crippen LogP contribution in [0.3, 0.4) is 0 Å². The van der Waals surface area contributed by atoms with E-state index in [-0.39, 0.29) is 36.2 Å². The lowest BCUT2D eigenvalue weighted by molar-refractivity contribution is -0.139. The zero-order chi connectivity index (χ0) is 23.8. The molecule has 1 atom stereocenters. The van der Waals surface area contributed by atoms with Crippen LogP contribution in [0.1, 0.15) is 57.4 Å². The average molecular weight is 466 g/mol. The van der Waals surface area contributed by atoms with Gasteiger partial charge in [-0.15, -0.1) is 0 Å². The molecule has 1 fully saturated rings. The number of nitrogens with one attached hydrogen (secondary N) is 1. The average Bonchev–Trinajstić information content (AvgIpc) is 3.40. The van der Waals surface area contributed by atoms with Crippen LogP contribution >= 0.6 is 0 Å². The van der Waals surface area contributed by atoms with Crippen molar-refractivity contribution < 1.29 is 32.2 Å². The lowest BCUT2D eigenvalue weighted by atomic mass is 10.1. The number of carbonyl (C=O) groups is 2. The van der Waals surface area contributed by atoms with Gasteiger partial charge in [-0.2, -0.15) is 13.2 Å².